The smallest absolute Gasteiger partial charge is 0.162 e. The van der Waals surface area contributed by atoms with Gasteiger partial charge in [-0.1, -0.05) is 0 Å². The highest BCUT2D eigenvalue weighted by molar-refractivity contribution is 6.01. The van der Waals surface area contributed by atoms with E-state index in [4.69, 9.17) is 15.9 Å². The number of nitrogens with one attached hydrogen (secondary N) is 1. The second-order valence-corrected chi connectivity index (χ2v) is 5.70. The molecular weight excluding hydrogens is 254 g/mol. The number of nitrogen functional groups attached to an aromatic ring is 1. The zero-order valence-electron chi connectivity index (χ0n) is 12.7. The number of ether oxygens (including phenoxy) is 1. The summed E-state index contributed by atoms with van der Waals surface area (Å²) in [5, 5.41) is 16.3. The van der Waals surface area contributed by atoms with Gasteiger partial charge in [0, 0.05) is 20.2 Å². The molecule has 1 aliphatic rings. The number of amidine groups is 1. The summed E-state index contributed by atoms with van der Waals surface area (Å²) < 4.78 is 5.61. The van der Waals surface area contributed by atoms with E-state index in [0.29, 0.717) is 11.4 Å². The summed E-state index contributed by atoms with van der Waals surface area (Å²) in [4.78, 5) is 2.13. The molecule has 6 nitrogen and oxygen atoms in total. The Morgan fingerprint density at radius 1 is 1.40 bits per heavy atom. The summed E-state index contributed by atoms with van der Waals surface area (Å²) in [6.45, 7) is 7.54. The highest BCUT2D eigenvalue weighted by Gasteiger charge is 2.33. The van der Waals surface area contributed by atoms with Crippen LogP contribution >= 0.6 is 0 Å². The van der Waals surface area contributed by atoms with E-state index in [9.17, 15) is 0 Å². The quantitative estimate of drug-likeness (QED) is 0.643. The molecule has 2 heterocycles. The molecule has 1 aromatic heterocycles. The Balaban J connectivity index is 2.42. The normalized spacial score (nSPS) is 22.9. The van der Waals surface area contributed by atoms with Gasteiger partial charge in [-0.3, -0.25) is 5.41 Å². The van der Waals surface area contributed by atoms with Crippen LogP contribution in [0.1, 0.15) is 36.6 Å². The molecule has 0 radical (unpaired) electrons. The predicted octanol–water partition coefficient (Wildman–Crippen LogP) is 1.38. The molecule has 1 unspecified atom stereocenters. The van der Waals surface area contributed by atoms with Crippen LogP contribution in [0.3, 0.4) is 0 Å². The van der Waals surface area contributed by atoms with Gasteiger partial charge in [0.05, 0.1) is 16.9 Å². The number of nitrogens with zero attached hydrogens (tertiary/aromatic N) is 3. The lowest BCUT2D eigenvalue weighted by atomic mass is 9.94. The summed E-state index contributed by atoms with van der Waals surface area (Å²) in [6.07, 6.45) is 2.05. The number of rotatable bonds is 3. The highest BCUT2D eigenvalue weighted by Crippen LogP contribution is 2.29. The molecule has 110 valence electrons. The third-order valence-electron chi connectivity index (χ3n) is 4.16. The van der Waals surface area contributed by atoms with Crippen molar-refractivity contribution in [1.29, 1.82) is 5.41 Å². The van der Waals surface area contributed by atoms with Crippen molar-refractivity contribution in [2.75, 3.05) is 25.1 Å². The summed E-state index contributed by atoms with van der Waals surface area (Å²) in [5.74, 6) is 0.740. The van der Waals surface area contributed by atoms with Crippen LogP contribution in [0.25, 0.3) is 0 Å². The molecule has 0 bridgehead atoms. The fourth-order valence-corrected chi connectivity index (χ4v) is 2.69. The van der Waals surface area contributed by atoms with E-state index in [1.54, 1.807) is 7.11 Å². The van der Waals surface area contributed by atoms with Crippen LogP contribution in [0.4, 0.5) is 5.82 Å². The van der Waals surface area contributed by atoms with E-state index < -0.39 is 0 Å². The first-order valence-electron chi connectivity index (χ1n) is 6.86. The third kappa shape index (κ3) is 2.60. The van der Waals surface area contributed by atoms with Crippen LogP contribution < -0.4 is 10.6 Å². The highest BCUT2D eigenvalue weighted by atomic mass is 16.5. The second kappa shape index (κ2) is 5.36. The lowest BCUT2D eigenvalue weighted by molar-refractivity contribution is -0.00485. The Morgan fingerprint density at radius 3 is 2.70 bits per heavy atom. The average molecular weight is 277 g/mol. The molecule has 1 aliphatic heterocycles. The summed E-state index contributed by atoms with van der Waals surface area (Å²) in [5.41, 5.74) is 7.99. The van der Waals surface area contributed by atoms with Crippen LogP contribution in [0.15, 0.2) is 0 Å². The predicted molar refractivity (Wildman–Crippen MR) is 79.4 cm³/mol. The van der Waals surface area contributed by atoms with Crippen molar-refractivity contribution in [3.8, 4) is 0 Å². The van der Waals surface area contributed by atoms with Gasteiger partial charge in [-0.25, -0.2) is 0 Å². The number of aromatic nitrogens is 2. The molecule has 20 heavy (non-hydrogen) atoms. The summed E-state index contributed by atoms with van der Waals surface area (Å²) in [7, 11) is 1.74. The fraction of sp³-hybridized carbons (Fsp3) is 0.643. The number of nitrogens with two attached hydrogens (primary N) is 1. The van der Waals surface area contributed by atoms with E-state index in [-0.39, 0.29) is 11.4 Å². The third-order valence-corrected chi connectivity index (χ3v) is 4.16. The van der Waals surface area contributed by atoms with E-state index in [1.165, 1.54) is 0 Å². The minimum absolute atomic E-state index is 0.0418. The number of piperidine rings is 1. The molecule has 6 heteroatoms. The monoisotopic (exact) mass is 277 g/mol. The summed E-state index contributed by atoms with van der Waals surface area (Å²) in [6, 6.07) is 0. The van der Waals surface area contributed by atoms with E-state index in [0.717, 1.165) is 37.2 Å². The van der Waals surface area contributed by atoms with Gasteiger partial charge in [-0.2, -0.15) is 5.10 Å². The molecular formula is C14H23N5O. The standard InChI is InChI=1S/C14H23N5O/c1-9-10(2)17-18-13(11(9)12(15)16)19-7-5-6-14(3,8-19)20-4/h5-8H2,1-4H3,(H3,15,16). The first kappa shape index (κ1) is 14.7. The maximum Gasteiger partial charge on any atom is 0.162 e. The zero-order chi connectivity index (χ0) is 14.9. The Morgan fingerprint density at radius 2 is 2.10 bits per heavy atom. The second-order valence-electron chi connectivity index (χ2n) is 5.70. The number of methoxy groups -OCH3 is 1. The minimum atomic E-state index is -0.188. The van der Waals surface area contributed by atoms with Crippen LogP contribution in [0.2, 0.25) is 0 Å². The molecule has 0 spiro atoms. The molecule has 0 aliphatic carbocycles. The van der Waals surface area contributed by atoms with Crippen molar-refractivity contribution in [1.82, 2.24) is 10.2 Å². The van der Waals surface area contributed by atoms with Crippen molar-refractivity contribution in [3.05, 3.63) is 16.8 Å². The van der Waals surface area contributed by atoms with Crippen LogP contribution in [0, 0.1) is 19.3 Å². The molecule has 0 saturated carbocycles. The van der Waals surface area contributed by atoms with Gasteiger partial charge in [-0.15, -0.1) is 5.10 Å². The Kier molecular flexibility index (Phi) is 3.94. The van der Waals surface area contributed by atoms with Crippen molar-refractivity contribution in [3.63, 3.8) is 0 Å². The molecule has 1 aromatic rings. The van der Waals surface area contributed by atoms with Gasteiger partial charge in [0.15, 0.2) is 5.82 Å². The van der Waals surface area contributed by atoms with Crippen molar-refractivity contribution >= 4 is 11.7 Å². The molecule has 3 N–H and O–H groups in total. The number of anilines is 1. The topological polar surface area (TPSA) is 88.1 Å². The van der Waals surface area contributed by atoms with E-state index in [2.05, 4.69) is 22.0 Å². The molecule has 1 fully saturated rings. The van der Waals surface area contributed by atoms with E-state index >= 15 is 0 Å². The van der Waals surface area contributed by atoms with Gasteiger partial charge < -0.3 is 15.4 Å². The number of hydrogen-bond donors (Lipinski definition) is 2. The lowest BCUT2D eigenvalue weighted by Crippen LogP contribution is -2.48. The minimum Gasteiger partial charge on any atom is -0.384 e. The van der Waals surface area contributed by atoms with Crippen LogP contribution in [-0.4, -0.2) is 41.8 Å². The SMILES string of the molecule is COC1(C)CCCN(c2nnc(C)c(C)c2C(=N)N)C1. The van der Waals surface area contributed by atoms with Gasteiger partial charge in [0.2, 0.25) is 0 Å². The largest absolute Gasteiger partial charge is 0.384 e. The zero-order valence-corrected chi connectivity index (χ0v) is 12.7. The van der Waals surface area contributed by atoms with Gasteiger partial charge in [0.1, 0.15) is 5.84 Å². The molecule has 0 aromatic carbocycles. The molecule has 1 saturated heterocycles. The fourth-order valence-electron chi connectivity index (χ4n) is 2.69. The van der Waals surface area contributed by atoms with Gasteiger partial charge in [-0.05, 0) is 39.2 Å². The molecule has 2 rings (SSSR count). The first-order chi connectivity index (χ1) is 9.38. The van der Waals surface area contributed by atoms with E-state index in [1.807, 2.05) is 13.8 Å². The Hall–Kier alpha value is -1.69. The van der Waals surface area contributed by atoms with Gasteiger partial charge in [0.25, 0.3) is 0 Å². The maximum atomic E-state index is 7.83. The molecule has 0 amide bonds. The number of aryl methyl sites for hydroxylation is 1. The first-order valence-corrected chi connectivity index (χ1v) is 6.86. The van der Waals surface area contributed by atoms with Gasteiger partial charge >= 0.3 is 0 Å². The Bertz CT molecular complexity index is 531. The van der Waals surface area contributed by atoms with Crippen molar-refractivity contribution in [2.45, 2.75) is 39.2 Å². The molecule has 1 atom stereocenters. The maximum absolute atomic E-state index is 7.83. The van der Waals surface area contributed by atoms with Crippen molar-refractivity contribution in [2.24, 2.45) is 5.73 Å². The number of hydrogen-bond acceptors (Lipinski definition) is 5. The van der Waals surface area contributed by atoms with Crippen molar-refractivity contribution < 1.29 is 4.74 Å². The van der Waals surface area contributed by atoms with Crippen LogP contribution in [0.5, 0.6) is 0 Å². The average Bonchev–Trinajstić information content (AvgIpc) is 2.41. The van der Waals surface area contributed by atoms with Crippen LogP contribution in [-0.2, 0) is 4.74 Å². The Labute approximate surface area is 119 Å². The summed E-state index contributed by atoms with van der Waals surface area (Å²) >= 11 is 0. The lowest BCUT2D eigenvalue weighted by Gasteiger charge is -2.40.